The summed E-state index contributed by atoms with van der Waals surface area (Å²) in [5.41, 5.74) is 2.07. The van der Waals surface area contributed by atoms with Gasteiger partial charge in [-0.25, -0.2) is 0 Å². The van der Waals surface area contributed by atoms with E-state index in [4.69, 9.17) is 5.11 Å². The molecule has 1 rings (SSSR count). The quantitative estimate of drug-likeness (QED) is 0.792. The second-order valence-electron chi connectivity index (χ2n) is 4.92. The van der Waals surface area contributed by atoms with Gasteiger partial charge in [0.15, 0.2) is 0 Å². The summed E-state index contributed by atoms with van der Waals surface area (Å²) in [5.74, 6) is 0.442. The van der Waals surface area contributed by atoms with E-state index in [1.54, 1.807) is 0 Å². The largest absolute Gasteiger partial charge is 0.395 e. The van der Waals surface area contributed by atoms with Gasteiger partial charge in [-0.15, -0.1) is 0 Å². The predicted molar refractivity (Wildman–Crippen MR) is 78.4 cm³/mol. The number of amides is 1. The normalized spacial score (nSPS) is 11.1. The Kier molecular flexibility index (Phi) is 6.53. The third-order valence-corrected chi connectivity index (χ3v) is 3.09. The summed E-state index contributed by atoms with van der Waals surface area (Å²) >= 11 is 0. The number of rotatable bonds is 7. The Balaban J connectivity index is 2.52. The monoisotopic (exact) mass is 264 g/mol. The number of carbonyl (C=O) groups is 1. The SMILES string of the molecule is CCN(CCO)CC(=O)Nc1ccc(C(C)C)cc1. The summed E-state index contributed by atoms with van der Waals surface area (Å²) in [6.45, 7) is 7.91. The Hall–Kier alpha value is -1.39. The van der Waals surface area contributed by atoms with Crippen LogP contribution in [0, 0.1) is 0 Å². The van der Waals surface area contributed by atoms with Crippen molar-refractivity contribution in [3.63, 3.8) is 0 Å². The van der Waals surface area contributed by atoms with E-state index < -0.39 is 0 Å². The van der Waals surface area contributed by atoms with E-state index in [0.717, 1.165) is 12.2 Å². The Labute approximate surface area is 115 Å². The van der Waals surface area contributed by atoms with Gasteiger partial charge in [-0.2, -0.15) is 0 Å². The molecule has 0 atom stereocenters. The Bertz CT molecular complexity index is 388. The van der Waals surface area contributed by atoms with Gasteiger partial charge in [-0.3, -0.25) is 9.69 Å². The van der Waals surface area contributed by atoms with Crippen LogP contribution in [-0.2, 0) is 4.79 Å². The molecule has 0 radical (unpaired) electrons. The molecule has 0 unspecified atom stereocenters. The Morgan fingerprint density at radius 3 is 2.42 bits per heavy atom. The maximum absolute atomic E-state index is 11.8. The van der Waals surface area contributed by atoms with Crippen molar-refractivity contribution in [2.24, 2.45) is 0 Å². The van der Waals surface area contributed by atoms with Crippen molar-refractivity contribution in [2.75, 3.05) is 31.6 Å². The molecule has 0 fully saturated rings. The molecule has 0 spiro atoms. The van der Waals surface area contributed by atoms with Gasteiger partial charge in [0.2, 0.25) is 5.91 Å². The molecule has 0 aliphatic rings. The fourth-order valence-electron chi connectivity index (χ4n) is 1.85. The van der Waals surface area contributed by atoms with Crippen molar-refractivity contribution in [2.45, 2.75) is 26.7 Å². The minimum atomic E-state index is -0.0485. The minimum absolute atomic E-state index is 0.0485. The molecule has 1 amide bonds. The first-order chi connectivity index (χ1) is 9.06. The van der Waals surface area contributed by atoms with Crippen molar-refractivity contribution in [1.82, 2.24) is 4.90 Å². The highest BCUT2D eigenvalue weighted by Gasteiger charge is 2.08. The second-order valence-corrected chi connectivity index (χ2v) is 4.92. The molecule has 2 N–H and O–H groups in total. The Morgan fingerprint density at radius 1 is 1.32 bits per heavy atom. The molecular formula is C15H24N2O2. The number of hydrogen-bond donors (Lipinski definition) is 2. The topological polar surface area (TPSA) is 52.6 Å². The number of hydrogen-bond acceptors (Lipinski definition) is 3. The van der Waals surface area contributed by atoms with Crippen LogP contribution in [0.3, 0.4) is 0 Å². The fraction of sp³-hybridized carbons (Fsp3) is 0.533. The number of nitrogens with zero attached hydrogens (tertiary/aromatic N) is 1. The zero-order chi connectivity index (χ0) is 14.3. The van der Waals surface area contributed by atoms with Crippen LogP contribution < -0.4 is 5.32 Å². The van der Waals surface area contributed by atoms with Crippen LogP contribution in [0.2, 0.25) is 0 Å². The van der Waals surface area contributed by atoms with Crippen LogP contribution in [0.15, 0.2) is 24.3 Å². The molecule has 1 aromatic rings. The molecule has 19 heavy (non-hydrogen) atoms. The number of aliphatic hydroxyl groups excluding tert-OH is 1. The van der Waals surface area contributed by atoms with Crippen molar-refractivity contribution in [3.05, 3.63) is 29.8 Å². The average Bonchev–Trinajstić information content (AvgIpc) is 2.38. The van der Waals surface area contributed by atoms with Crippen LogP contribution in [-0.4, -0.2) is 42.2 Å². The third kappa shape index (κ3) is 5.41. The van der Waals surface area contributed by atoms with Gasteiger partial charge in [0.05, 0.1) is 13.2 Å². The Morgan fingerprint density at radius 2 is 1.95 bits per heavy atom. The van der Waals surface area contributed by atoms with Gasteiger partial charge in [0.1, 0.15) is 0 Å². The lowest BCUT2D eigenvalue weighted by Gasteiger charge is -2.18. The van der Waals surface area contributed by atoms with Crippen LogP contribution in [0.5, 0.6) is 0 Å². The molecule has 4 heteroatoms. The summed E-state index contributed by atoms with van der Waals surface area (Å²) in [6, 6.07) is 7.92. The molecular weight excluding hydrogens is 240 g/mol. The van der Waals surface area contributed by atoms with Gasteiger partial charge in [-0.05, 0) is 30.2 Å². The molecule has 4 nitrogen and oxygen atoms in total. The van der Waals surface area contributed by atoms with Crippen molar-refractivity contribution < 1.29 is 9.90 Å². The third-order valence-electron chi connectivity index (χ3n) is 3.09. The maximum atomic E-state index is 11.8. The van der Waals surface area contributed by atoms with Gasteiger partial charge in [-0.1, -0.05) is 32.9 Å². The number of benzene rings is 1. The van der Waals surface area contributed by atoms with Crippen LogP contribution in [0.4, 0.5) is 5.69 Å². The van der Waals surface area contributed by atoms with E-state index in [0.29, 0.717) is 19.0 Å². The van der Waals surface area contributed by atoms with E-state index in [1.807, 2.05) is 36.1 Å². The number of aliphatic hydroxyl groups is 1. The molecule has 0 saturated carbocycles. The van der Waals surface area contributed by atoms with Gasteiger partial charge in [0, 0.05) is 12.2 Å². The zero-order valence-electron chi connectivity index (χ0n) is 12.0. The zero-order valence-corrected chi connectivity index (χ0v) is 12.0. The standard InChI is InChI=1S/C15H24N2O2/c1-4-17(9-10-18)11-15(19)16-14-7-5-13(6-8-14)12(2)3/h5-8,12,18H,4,9-11H2,1-3H3,(H,16,19). The fourth-order valence-corrected chi connectivity index (χ4v) is 1.85. The lowest BCUT2D eigenvalue weighted by atomic mass is 10.0. The van der Waals surface area contributed by atoms with Crippen LogP contribution in [0.25, 0.3) is 0 Å². The van der Waals surface area contributed by atoms with Gasteiger partial charge in [0.25, 0.3) is 0 Å². The van der Waals surface area contributed by atoms with Crippen molar-refractivity contribution >= 4 is 11.6 Å². The first-order valence-corrected chi connectivity index (χ1v) is 6.79. The van der Waals surface area contributed by atoms with E-state index in [-0.39, 0.29) is 12.5 Å². The minimum Gasteiger partial charge on any atom is -0.395 e. The van der Waals surface area contributed by atoms with E-state index in [9.17, 15) is 4.79 Å². The lowest BCUT2D eigenvalue weighted by molar-refractivity contribution is -0.117. The predicted octanol–water partition coefficient (Wildman–Crippen LogP) is 2.06. The van der Waals surface area contributed by atoms with Crippen molar-refractivity contribution in [3.8, 4) is 0 Å². The van der Waals surface area contributed by atoms with Crippen LogP contribution in [0.1, 0.15) is 32.3 Å². The molecule has 0 saturated heterocycles. The molecule has 1 aromatic carbocycles. The summed E-state index contributed by atoms with van der Waals surface area (Å²) in [7, 11) is 0. The lowest BCUT2D eigenvalue weighted by Crippen LogP contribution is -2.35. The van der Waals surface area contributed by atoms with Gasteiger partial charge >= 0.3 is 0 Å². The van der Waals surface area contributed by atoms with Crippen LogP contribution >= 0.6 is 0 Å². The molecule has 0 aliphatic heterocycles. The highest BCUT2D eigenvalue weighted by molar-refractivity contribution is 5.92. The second kappa shape index (κ2) is 7.92. The van der Waals surface area contributed by atoms with E-state index >= 15 is 0 Å². The summed E-state index contributed by atoms with van der Waals surface area (Å²) in [6.07, 6.45) is 0. The van der Waals surface area contributed by atoms with E-state index in [2.05, 4.69) is 19.2 Å². The highest BCUT2D eigenvalue weighted by Crippen LogP contribution is 2.17. The average molecular weight is 264 g/mol. The number of carbonyl (C=O) groups excluding carboxylic acids is 1. The molecule has 106 valence electrons. The maximum Gasteiger partial charge on any atom is 0.238 e. The number of likely N-dealkylation sites (N-methyl/N-ethyl adjacent to an activating group) is 1. The first kappa shape index (κ1) is 15.7. The molecule has 0 aliphatic carbocycles. The summed E-state index contributed by atoms with van der Waals surface area (Å²) in [5, 5.41) is 11.7. The van der Waals surface area contributed by atoms with E-state index in [1.165, 1.54) is 5.56 Å². The summed E-state index contributed by atoms with van der Waals surface area (Å²) in [4.78, 5) is 13.7. The first-order valence-electron chi connectivity index (χ1n) is 6.79. The molecule has 0 bridgehead atoms. The molecule has 0 heterocycles. The molecule has 0 aromatic heterocycles. The highest BCUT2D eigenvalue weighted by atomic mass is 16.3. The smallest absolute Gasteiger partial charge is 0.238 e. The number of anilines is 1. The van der Waals surface area contributed by atoms with Crippen molar-refractivity contribution in [1.29, 1.82) is 0 Å². The summed E-state index contributed by atoms with van der Waals surface area (Å²) < 4.78 is 0. The number of nitrogens with one attached hydrogen (secondary N) is 1. The van der Waals surface area contributed by atoms with Gasteiger partial charge < -0.3 is 10.4 Å².